The van der Waals surface area contributed by atoms with Crippen LogP contribution in [-0.4, -0.2) is 24.5 Å². The van der Waals surface area contributed by atoms with Crippen LogP contribution in [0.3, 0.4) is 0 Å². The highest BCUT2D eigenvalue weighted by atomic mass is 16.5. The van der Waals surface area contributed by atoms with Gasteiger partial charge in [-0.3, -0.25) is 4.79 Å². The second kappa shape index (κ2) is 7.97. The minimum absolute atomic E-state index is 0.0583. The molecule has 1 rings (SSSR count). The summed E-state index contributed by atoms with van der Waals surface area (Å²) in [4.78, 5) is 22.6. The van der Waals surface area contributed by atoms with E-state index in [-0.39, 0.29) is 11.9 Å². The Bertz CT molecular complexity index is 345. The van der Waals surface area contributed by atoms with Crippen molar-refractivity contribution < 1.29 is 14.3 Å². The molecule has 0 spiro atoms. The minimum Gasteiger partial charge on any atom is -0.464 e. The lowest BCUT2D eigenvalue weighted by atomic mass is 10.0. The summed E-state index contributed by atoms with van der Waals surface area (Å²) in [5.41, 5.74) is 1.34. The van der Waals surface area contributed by atoms with Crippen molar-refractivity contribution in [1.82, 2.24) is 5.32 Å². The lowest BCUT2D eigenvalue weighted by Gasteiger charge is -2.13. The topological polar surface area (TPSA) is 55.4 Å². The van der Waals surface area contributed by atoms with Gasteiger partial charge in [-0.15, -0.1) is 0 Å². The Labute approximate surface area is 115 Å². The number of ether oxygens (including phenoxy) is 1. The van der Waals surface area contributed by atoms with Crippen LogP contribution in [0.5, 0.6) is 0 Å². The van der Waals surface area contributed by atoms with Gasteiger partial charge in [0.15, 0.2) is 0 Å². The molecule has 1 aliphatic rings. The maximum atomic E-state index is 11.6. The van der Waals surface area contributed by atoms with Gasteiger partial charge in [-0.25, -0.2) is 4.79 Å². The maximum absolute atomic E-state index is 11.6. The summed E-state index contributed by atoms with van der Waals surface area (Å²) in [6.07, 6.45) is 6.30. The van der Waals surface area contributed by atoms with Gasteiger partial charge in [0.2, 0.25) is 5.91 Å². The third kappa shape index (κ3) is 6.41. The van der Waals surface area contributed by atoms with Crippen LogP contribution < -0.4 is 5.32 Å². The van der Waals surface area contributed by atoms with Crippen LogP contribution >= 0.6 is 0 Å². The van der Waals surface area contributed by atoms with Gasteiger partial charge in [0, 0.05) is 6.42 Å². The fourth-order valence-electron chi connectivity index (χ4n) is 2.05. The van der Waals surface area contributed by atoms with Crippen LogP contribution in [0.2, 0.25) is 0 Å². The van der Waals surface area contributed by atoms with E-state index >= 15 is 0 Å². The summed E-state index contributed by atoms with van der Waals surface area (Å²) in [6.45, 7) is 6.82. The first-order valence-corrected chi connectivity index (χ1v) is 7.08. The van der Waals surface area contributed by atoms with Crippen LogP contribution in [0.4, 0.5) is 0 Å². The van der Waals surface area contributed by atoms with Crippen LogP contribution in [-0.2, 0) is 14.3 Å². The van der Waals surface area contributed by atoms with E-state index in [0.717, 1.165) is 19.3 Å². The highest BCUT2D eigenvalue weighted by Gasteiger charge is 2.28. The highest BCUT2D eigenvalue weighted by Crippen LogP contribution is 2.13. The molecule has 1 amide bonds. The zero-order valence-corrected chi connectivity index (χ0v) is 12.2. The third-order valence-corrected chi connectivity index (χ3v) is 3.35. The van der Waals surface area contributed by atoms with Gasteiger partial charge in [-0.2, -0.15) is 0 Å². The van der Waals surface area contributed by atoms with Gasteiger partial charge < -0.3 is 10.1 Å². The van der Waals surface area contributed by atoms with Gasteiger partial charge in [0.25, 0.3) is 0 Å². The molecule has 1 saturated heterocycles. The van der Waals surface area contributed by atoms with Crippen molar-refractivity contribution >= 4 is 11.9 Å². The molecule has 1 heterocycles. The molecule has 0 aliphatic carbocycles. The van der Waals surface area contributed by atoms with E-state index in [1.165, 1.54) is 5.57 Å². The van der Waals surface area contributed by atoms with Crippen molar-refractivity contribution in [2.45, 2.75) is 58.9 Å². The summed E-state index contributed by atoms with van der Waals surface area (Å²) >= 11 is 0. The van der Waals surface area contributed by atoms with Crippen LogP contribution in [0.25, 0.3) is 0 Å². The van der Waals surface area contributed by atoms with E-state index in [1.54, 1.807) is 0 Å². The first-order valence-electron chi connectivity index (χ1n) is 7.08. The molecule has 1 N–H and O–H groups in total. The Balaban J connectivity index is 2.10. The monoisotopic (exact) mass is 267 g/mol. The van der Waals surface area contributed by atoms with Crippen LogP contribution in [0.1, 0.15) is 52.9 Å². The van der Waals surface area contributed by atoms with Crippen molar-refractivity contribution in [3.8, 4) is 0 Å². The van der Waals surface area contributed by atoms with E-state index in [1.807, 2.05) is 0 Å². The van der Waals surface area contributed by atoms with Crippen molar-refractivity contribution in [3.05, 3.63) is 11.6 Å². The summed E-state index contributed by atoms with van der Waals surface area (Å²) in [7, 11) is 0. The summed E-state index contributed by atoms with van der Waals surface area (Å²) < 4.78 is 5.20. The van der Waals surface area contributed by atoms with E-state index in [2.05, 4.69) is 32.2 Å². The molecule has 0 aromatic carbocycles. The highest BCUT2D eigenvalue weighted by molar-refractivity contribution is 5.87. The molecular weight excluding hydrogens is 242 g/mol. The first kappa shape index (κ1) is 15.7. The third-order valence-electron chi connectivity index (χ3n) is 3.35. The molecule has 1 fully saturated rings. The Kier molecular flexibility index (Phi) is 6.60. The first-order chi connectivity index (χ1) is 8.99. The largest absolute Gasteiger partial charge is 0.464 e. The summed E-state index contributed by atoms with van der Waals surface area (Å²) in [5.74, 6) is 0.195. The predicted octanol–water partition coefficient (Wildman–Crippen LogP) is 2.58. The smallest absolute Gasteiger partial charge is 0.328 e. The Morgan fingerprint density at radius 3 is 2.79 bits per heavy atom. The number of amides is 1. The van der Waals surface area contributed by atoms with Gasteiger partial charge in [-0.1, -0.05) is 18.6 Å². The van der Waals surface area contributed by atoms with Gasteiger partial charge in [0.05, 0.1) is 6.61 Å². The van der Waals surface area contributed by atoms with Gasteiger partial charge in [0.1, 0.15) is 6.04 Å². The number of rotatable bonds is 7. The second-order valence-corrected chi connectivity index (χ2v) is 5.58. The van der Waals surface area contributed by atoms with Gasteiger partial charge in [-0.05, 0) is 45.4 Å². The van der Waals surface area contributed by atoms with E-state index in [4.69, 9.17) is 4.74 Å². The van der Waals surface area contributed by atoms with Crippen LogP contribution in [0.15, 0.2) is 11.6 Å². The molecule has 0 saturated carbocycles. The molecule has 1 aliphatic heterocycles. The number of hydrogen-bond acceptors (Lipinski definition) is 3. The standard InChI is InChI=1S/C15H25NO3/c1-11(2)5-4-6-12(3)9-10-19-15(18)13-7-8-14(17)16-13/h5,12-13H,4,6-10H2,1-3H3,(H,16,17)/t12-,13-/m1/s1. The Morgan fingerprint density at radius 1 is 1.47 bits per heavy atom. The zero-order valence-electron chi connectivity index (χ0n) is 12.2. The van der Waals surface area contributed by atoms with E-state index in [9.17, 15) is 9.59 Å². The molecule has 19 heavy (non-hydrogen) atoms. The quantitative estimate of drug-likeness (QED) is 0.570. The molecule has 4 heteroatoms. The molecule has 0 radical (unpaired) electrons. The molecule has 0 aromatic rings. The predicted molar refractivity (Wildman–Crippen MR) is 74.6 cm³/mol. The average Bonchev–Trinajstić information content (AvgIpc) is 2.75. The van der Waals surface area contributed by atoms with E-state index in [0.29, 0.717) is 25.4 Å². The molecular formula is C15H25NO3. The molecule has 0 unspecified atom stereocenters. The number of hydrogen-bond donors (Lipinski definition) is 1. The molecule has 2 atom stereocenters. The number of carbonyl (C=O) groups is 2. The van der Waals surface area contributed by atoms with Crippen LogP contribution in [0, 0.1) is 5.92 Å². The van der Waals surface area contributed by atoms with Crippen molar-refractivity contribution in [1.29, 1.82) is 0 Å². The molecule has 0 aromatic heterocycles. The van der Waals surface area contributed by atoms with Crippen molar-refractivity contribution in [3.63, 3.8) is 0 Å². The summed E-state index contributed by atoms with van der Waals surface area (Å²) in [5, 5.41) is 2.62. The van der Waals surface area contributed by atoms with Gasteiger partial charge >= 0.3 is 5.97 Å². The molecule has 4 nitrogen and oxygen atoms in total. The number of esters is 1. The normalized spacial score (nSPS) is 19.7. The maximum Gasteiger partial charge on any atom is 0.328 e. The Morgan fingerprint density at radius 2 is 2.21 bits per heavy atom. The second-order valence-electron chi connectivity index (χ2n) is 5.58. The molecule has 0 bridgehead atoms. The zero-order chi connectivity index (χ0) is 14.3. The lowest BCUT2D eigenvalue weighted by molar-refractivity contribution is -0.146. The fourth-order valence-corrected chi connectivity index (χ4v) is 2.05. The average molecular weight is 267 g/mol. The van der Waals surface area contributed by atoms with E-state index < -0.39 is 6.04 Å². The SMILES string of the molecule is CC(C)=CCC[C@@H](C)CCOC(=O)[C@H]1CCC(=O)N1. The lowest BCUT2D eigenvalue weighted by Crippen LogP contribution is -2.34. The number of carbonyl (C=O) groups excluding carboxylic acids is 2. The number of allylic oxidation sites excluding steroid dienone is 2. The molecule has 108 valence electrons. The van der Waals surface area contributed by atoms with Crippen molar-refractivity contribution in [2.75, 3.05) is 6.61 Å². The fraction of sp³-hybridized carbons (Fsp3) is 0.733. The minimum atomic E-state index is -0.423. The number of nitrogens with one attached hydrogen (secondary N) is 1. The summed E-state index contributed by atoms with van der Waals surface area (Å²) in [6, 6.07) is -0.423. The Hall–Kier alpha value is -1.32. The van der Waals surface area contributed by atoms with Crippen molar-refractivity contribution in [2.24, 2.45) is 5.92 Å².